The van der Waals surface area contributed by atoms with Gasteiger partial charge in [0.1, 0.15) is 6.10 Å². The Morgan fingerprint density at radius 1 is 0.453 bits per heavy atom. The fraction of sp³-hybridized carbons (Fsp3) is 0.793. The molecule has 6 nitrogen and oxygen atoms in total. The van der Waals surface area contributed by atoms with E-state index < -0.39 is 18.2 Å². The topological polar surface area (TPSA) is 95.9 Å². The Hall–Kier alpha value is -2.44. The number of nitrogens with one attached hydrogen (secondary N) is 1. The molecule has 0 aliphatic carbocycles. The second-order valence-corrected chi connectivity index (χ2v) is 18.6. The molecule has 3 unspecified atom stereocenters. The molecule has 0 fully saturated rings. The van der Waals surface area contributed by atoms with Crippen LogP contribution in [-0.2, 0) is 14.3 Å². The van der Waals surface area contributed by atoms with Gasteiger partial charge in [-0.3, -0.25) is 9.59 Å². The van der Waals surface area contributed by atoms with Crippen LogP contribution in [-0.4, -0.2) is 46.9 Å². The Kier molecular flexibility index (Phi) is 49.6. The standard InChI is InChI=1S/C58H105NO5/c1-4-7-10-13-16-19-22-24-26-27-28-29-31-33-36-39-42-45-48-51-58(63)64-54(49-46-43-40-37-35-32-30-25-23-20-17-14-11-8-5-2)52-57(62)59-55(53-60)56(61)50-47-44-41-38-34-21-18-15-12-9-6-3/h16-17,19-20,24-26,30,35,37,54-56,60-61H,4-15,18,21-23,27-29,31-34,36,38-53H2,1-3H3,(H,59,62)/b19-16-,20-17-,26-24-,30-25-,37-35-. The molecule has 3 N–H and O–H groups in total. The van der Waals surface area contributed by atoms with E-state index in [-0.39, 0.29) is 24.9 Å². The average molecular weight is 896 g/mol. The van der Waals surface area contributed by atoms with Gasteiger partial charge in [0.2, 0.25) is 5.91 Å². The normalized spacial score (nSPS) is 13.6. The highest BCUT2D eigenvalue weighted by atomic mass is 16.5. The highest BCUT2D eigenvalue weighted by Crippen LogP contribution is 2.17. The summed E-state index contributed by atoms with van der Waals surface area (Å²) < 4.78 is 5.93. The third kappa shape index (κ3) is 46.1. The summed E-state index contributed by atoms with van der Waals surface area (Å²) in [6, 6.07) is -0.715. The molecule has 0 saturated heterocycles. The maximum atomic E-state index is 13.2. The molecule has 372 valence electrons. The predicted molar refractivity (Wildman–Crippen MR) is 278 cm³/mol. The predicted octanol–water partition coefficient (Wildman–Crippen LogP) is 16.8. The first-order chi connectivity index (χ1) is 31.5. The third-order valence-corrected chi connectivity index (χ3v) is 12.3. The zero-order chi connectivity index (χ0) is 46.7. The molecule has 1 amide bonds. The number of hydrogen-bond acceptors (Lipinski definition) is 5. The smallest absolute Gasteiger partial charge is 0.306 e. The number of rotatable bonds is 49. The lowest BCUT2D eigenvalue weighted by Crippen LogP contribution is -2.46. The van der Waals surface area contributed by atoms with E-state index >= 15 is 0 Å². The van der Waals surface area contributed by atoms with Crippen molar-refractivity contribution in [1.29, 1.82) is 0 Å². The maximum absolute atomic E-state index is 13.2. The van der Waals surface area contributed by atoms with Crippen molar-refractivity contribution < 1.29 is 24.5 Å². The largest absolute Gasteiger partial charge is 0.462 e. The van der Waals surface area contributed by atoms with Crippen LogP contribution in [0.2, 0.25) is 0 Å². The molecule has 3 atom stereocenters. The first kappa shape index (κ1) is 61.6. The van der Waals surface area contributed by atoms with Crippen LogP contribution in [0, 0.1) is 0 Å². The molecule has 0 radical (unpaired) electrons. The Morgan fingerprint density at radius 2 is 0.797 bits per heavy atom. The minimum Gasteiger partial charge on any atom is -0.462 e. The van der Waals surface area contributed by atoms with E-state index in [1.54, 1.807) is 0 Å². The first-order valence-electron chi connectivity index (χ1n) is 27.5. The molecule has 6 heteroatoms. The Bertz CT molecular complexity index is 1140. The minimum atomic E-state index is -0.799. The molecule has 0 aromatic heterocycles. The molecular weight excluding hydrogens is 791 g/mol. The SMILES string of the molecule is CCCCC/C=C\C/C=C\C/C=C\CCCCC(CC(=O)NC(CO)C(O)CCCCCCCCCCCCC)OC(=O)CCCCCCCCCCC/C=C\C/C=C\CCCCC. The van der Waals surface area contributed by atoms with Gasteiger partial charge in [-0.25, -0.2) is 0 Å². The Morgan fingerprint density at radius 3 is 1.25 bits per heavy atom. The van der Waals surface area contributed by atoms with Gasteiger partial charge < -0.3 is 20.3 Å². The molecule has 0 spiro atoms. The van der Waals surface area contributed by atoms with Gasteiger partial charge in [-0.15, -0.1) is 0 Å². The maximum Gasteiger partial charge on any atom is 0.306 e. The summed E-state index contributed by atoms with van der Waals surface area (Å²) in [6.45, 7) is 6.42. The number of carbonyl (C=O) groups is 2. The van der Waals surface area contributed by atoms with Crippen molar-refractivity contribution in [3.8, 4) is 0 Å². The van der Waals surface area contributed by atoms with Crippen LogP contribution in [0.3, 0.4) is 0 Å². The fourth-order valence-corrected chi connectivity index (χ4v) is 8.11. The average Bonchev–Trinajstić information content (AvgIpc) is 3.29. The van der Waals surface area contributed by atoms with E-state index in [1.807, 2.05) is 0 Å². The number of aliphatic hydroxyl groups is 2. The molecule has 0 rings (SSSR count). The number of carbonyl (C=O) groups excluding carboxylic acids is 2. The Labute approximate surface area is 397 Å². The quantitative estimate of drug-likeness (QED) is 0.0321. The monoisotopic (exact) mass is 896 g/mol. The van der Waals surface area contributed by atoms with E-state index in [9.17, 15) is 19.8 Å². The molecule has 0 heterocycles. The van der Waals surface area contributed by atoms with Gasteiger partial charge in [0, 0.05) is 6.42 Å². The third-order valence-electron chi connectivity index (χ3n) is 12.3. The lowest BCUT2D eigenvalue weighted by atomic mass is 10.0. The van der Waals surface area contributed by atoms with Crippen molar-refractivity contribution in [3.05, 3.63) is 60.8 Å². The minimum absolute atomic E-state index is 0.0495. The number of hydrogen-bond donors (Lipinski definition) is 3. The van der Waals surface area contributed by atoms with Gasteiger partial charge >= 0.3 is 5.97 Å². The number of aliphatic hydroxyl groups excluding tert-OH is 2. The van der Waals surface area contributed by atoms with Gasteiger partial charge in [-0.2, -0.15) is 0 Å². The number of unbranched alkanes of at least 4 members (excludes halogenated alkanes) is 27. The number of amides is 1. The summed E-state index contributed by atoms with van der Waals surface area (Å²) in [4.78, 5) is 26.2. The van der Waals surface area contributed by atoms with E-state index in [1.165, 1.54) is 148 Å². The van der Waals surface area contributed by atoms with E-state index in [0.29, 0.717) is 19.3 Å². The van der Waals surface area contributed by atoms with Gasteiger partial charge in [0.15, 0.2) is 0 Å². The zero-order valence-electron chi connectivity index (χ0n) is 42.4. The van der Waals surface area contributed by atoms with E-state index in [0.717, 1.165) is 77.0 Å². The first-order valence-corrected chi connectivity index (χ1v) is 27.5. The highest BCUT2D eigenvalue weighted by Gasteiger charge is 2.24. The number of esters is 1. The molecule has 0 aliphatic rings. The van der Waals surface area contributed by atoms with E-state index in [4.69, 9.17) is 4.74 Å². The molecule has 0 saturated carbocycles. The van der Waals surface area contributed by atoms with Crippen molar-refractivity contribution >= 4 is 11.9 Å². The van der Waals surface area contributed by atoms with Crippen LogP contribution in [0.1, 0.15) is 271 Å². The molecule has 0 aromatic carbocycles. The second kappa shape index (κ2) is 51.5. The van der Waals surface area contributed by atoms with Crippen molar-refractivity contribution in [2.24, 2.45) is 0 Å². The van der Waals surface area contributed by atoms with E-state index in [2.05, 4.69) is 86.8 Å². The summed E-state index contributed by atoms with van der Waals surface area (Å²) in [5.74, 6) is -0.512. The molecule has 0 bridgehead atoms. The van der Waals surface area contributed by atoms with Gasteiger partial charge in [-0.05, 0) is 96.3 Å². The van der Waals surface area contributed by atoms with Crippen LogP contribution < -0.4 is 5.32 Å². The highest BCUT2D eigenvalue weighted by molar-refractivity contribution is 5.77. The summed E-state index contributed by atoms with van der Waals surface area (Å²) >= 11 is 0. The second-order valence-electron chi connectivity index (χ2n) is 18.6. The number of allylic oxidation sites excluding steroid dienone is 10. The molecule has 64 heavy (non-hydrogen) atoms. The van der Waals surface area contributed by atoms with Crippen molar-refractivity contribution in [1.82, 2.24) is 5.32 Å². The lowest BCUT2D eigenvalue weighted by molar-refractivity contribution is -0.151. The van der Waals surface area contributed by atoms with Gasteiger partial charge in [0.25, 0.3) is 0 Å². The zero-order valence-corrected chi connectivity index (χ0v) is 42.4. The fourth-order valence-electron chi connectivity index (χ4n) is 8.11. The van der Waals surface area contributed by atoms with Gasteiger partial charge in [0.05, 0.1) is 25.2 Å². The Balaban J connectivity index is 4.61. The lowest BCUT2D eigenvalue weighted by Gasteiger charge is -2.24. The summed E-state index contributed by atoms with van der Waals surface area (Å²) in [5, 5.41) is 23.8. The van der Waals surface area contributed by atoms with Crippen molar-refractivity contribution in [2.45, 2.75) is 289 Å². The number of ether oxygens (including phenoxy) is 1. The summed E-state index contributed by atoms with van der Waals surface area (Å²) in [6.07, 6.45) is 64.2. The van der Waals surface area contributed by atoms with Gasteiger partial charge in [-0.1, -0.05) is 223 Å². The van der Waals surface area contributed by atoms with Crippen LogP contribution in [0.15, 0.2) is 60.8 Å². The molecular formula is C58H105NO5. The molecule has 0 aliphatic heterocycles. The van der Waals surface area contributed by atoms with Crippen molar-refractivity contribution in [3.63, 3.8) is 0 Å². The van der Waals surface area contributed by atoms with Crippen molar-refractivity contribution in [2.75, 3.05) is 6.61 Å². The van der Waals surface area contributed by atoms with Crippen LogP contribution in [0.4, 0.5) is 0 Å². The van der Waals surface area contributed by atoms with Crippen LogP contribution in [0.5, 0.6) is 0 Å². The summed E-state index contributed by atoms with van der Waals surface area (Å²) in [5.41, 5.74) is 0. The van der Waals surface area contributed by atoms with Crippen LogP contribution in [0.25, 0.3) is 0 Å². The molecule has 0 aromatic rings. The summed E-state index contributed by atoms with van der Waals surface area (Å²) in [7, 11) is 0. The van der Waals surface area contributed by atoms with Crippen LogP contribution >= 0.6 is 0 Å².